The van der Waals surface area contributed by atoms with Crippen molar-refractivity contribution in [3.05, 3.63) is 36.0 Å². The minimum Gasteiger partial charge on any atom is -0.318 e. The molecule has 0 unspecified atom stereocenters. The molecule has 1 aromatic carbocycles. The van der Waals surface area contributed by atoms with E-state index < -0.39 is 0 Å². The molecule has 0 saturated carbocycles. The Hall–Kier alpha value is -1.28. The van der Waals surface area contributed by atoms with Gasteiger partial charge >= 0.3 is 0 Å². The summed E-state index contributed by atoms with van der Waals surface area (Å²) in [4.78, 5) is 0. The average molecular weight is 188 g/mol. The highest BCUT2D eigenvalue weighted by molar-refractivity contribution is 5.81. The van der Waals surface area contributed by atoms with Crippen LogP contribution in [0.2, 0.25) is 0 Å². The molecular weight excluding hydrogens is 174 g/mol. The SMILES string of the molecule is CC(C)c1cc2ccccc2n1C[O]. The quantitative estimate of drug-likeness (QED) is 0.691. The molecule has 0 aliphatic heterocycles. The first-order valence-electron chi connectivity index (χ1n) is 4.90. The molecule has 2 aromatic rings. The summed E-state index contributed by atoms with van der Waals surface area (Å²) in [6.45, 7) is 4.03. The maximum atomic E-state index is 11.1. The molecule has 1 heterocycles. The number of para-hydroxylation sites is 1. The molecule has 0 saturated heterocycles. The van der Waals surface area contributed by atoms with Gasteiger partial charge in [-0.2, -0.15) is 0 Å². The van der Waals surface area contributed by atoms with Crippen LogP contribution in [0.25, 0.3) is 10.9 Å². The minimum atomic E-state index is -0.193. The van der Waals surface area contributed by atoms with Crippen LogP contribution in [0.4, 0.5) is 0 Å². The van der Waals surface area contributed by atoms with Crippen molar-refractivity contribution in [2.24, 2.45) is 0 Å². The van der Waals surface area contributed by atoms with Crippen molar-refractivity contribution in [2.75, 3.05) is 0 Å². The van der Waals surface area contributed by atoms with Gasteiger partial charge in [0.05, 0.1) is 5.52 Å². The van der Waals surface area contributed by atoms with Crippen molar-refractivity contribution in [2.45, 2.75) is 26.5 Å². The Morgan fingerprint density at radius 3 is 2.64 bits per heavy atom. The monoisotopic (exact) mass is 188 g/mol. The molecule has 1 aromatic heterocycles. The Bertz CT molecular complexity index is 443. The van der Waals surface area contributed by atoms with E-state index in [1.165, 1.54) is 0 Å². The molecule has 0 amide bonds. The van der Waals surface area contributed by atoms with Crippen LogP contribution in [0.1, 0.15) is 25.5 Å². The molecular formula is C12H14NO. The first-order valence-corrected chi connectivity index (χ1v) is 4.90. The summed E-state index contributed by atoms with van der Waals surface area (Å²) in [5, 5.41) is 12.3. The van der Waals surface area contributed by atoms with Gasteiger partial charge in [-0.05, 0) is 23.4 Å². The predicted octanol–water partition coefficient (Wildman–Crippen LogP) is 3.15. The van der Waals surface area contributed by atoms with Crippen molar-refractivity contribution < 1.29 is 5.11 Å². The fraction of sp³-hybridized carbons (Fsp3) is 0.333. The Kier molecular flexibility index (Phi) is 2.30. The summed E-state index contributed by atoms with van der Waals surface area (Å²) in [6, 6.07) is 10.1. The number of nitrogens with zero attached hydrogens (tertiary/aromatic N) is 1. The number of fused-ring (bicyclic) bond motifs is 1. The van der Waals surface area contributed by atoms with Crippen LogP contribution >= 0.6 is 0 Å². The van der Waals surface area contributed by atoms with Crippen LogP contribution in [0.5, 0.6) is 0 Å². The summed E-state index contributed by atoms with van der Waals surface area (Å²) in [7, 11) is 0. The van der Waals surface area contributed by atoms with Crippen molar-refractivity contribution >= 4 is 10.9 Å². The van der Waals surface area contributed by atoms with E-state index in [4.69, 9.17) is 0 Å². The third-order valence-electron chi connectivity index (χ3n) is 2.56. The van der Waals surface area contributed by atoms with E-state index in [1.54, 1.807) is 0 Å². The highest BCUT2D eigenvalue weighted by Crippen LogP contribution is 2.24. The van der Waals surface area contributed by atoms with Gasteiger partial charge in [-0.15, -0.1) is 0 Å². The summed E-state index contributed by atoms with van der Waals surface area (Å²) in [5.41, 5.74) is 2.17. The molecule has 2 rings (SSSR count). The minimum absolute atomic E-state index is 0.193. The Morgan fingerprint density at radius 1 is 1.29 bits per heavy atom. The second-order valence-electron chi connectivity index (χ2n) is 3.84. The average Bonchev–Trinajstić information content (AvgIpc) is 2.56. The maximum absolute atomic E-state index is 11.1. The van der Waals surface area contributed by atoms with E-state index in [-0.39, 0.29) is 6.73 Å². The van der Waals surface area contributed by atoms with E-state index >= 15 is 0 Å². The third kappa shape index (κ3) is 1.32. The topological polar surface area (TPSA) is 24.8 Å². The lowest BCUT2D eigenvalue weighted by Crippen LogP contribution is -2.02. The van der Waals surface area contributed by atoms with Crippen molar-refractivity contribution in [1.29, 1.82) is 0 Å². The summed E-state index contributed by atoms with van der Waals surface area (Å²) in [5.74, 6) is 0.399. The van der Waals surface area contributed by atoms with Crippen molar-refractivity contribution in [3.8, 4) is 0 Å². The molecule has 0 atom stereocenters. The molecule has 0 fully saturated rings. The molecule has 0 spiro atoms. The molecule has 0 aliphatic carbocycles. The van der Waals surface area contributed by atoms with Gasteiger partial charge in [0.2, 0.25) is 0 Å². The summed E-state index contributed by atoms with van der Waals surface area (Å²) < 4.78 is 1.85. The van der Waals surface area contributed by atoms with E-state index in [0.29, 0.717) is 5.92 Å². The first-order chi connectivity index (χ1) is 6.74. The predicted molar refractivity (Wildman–Crippen MR) is 56.7 cm³/mol. The Morgan fingerprint density at radius 2 is 2.00 bits per heavy atom. The van der Waals surface area contributed by atoms with Crippen LogP contribution in [0, 0.1) is 0 Å². The fourth-order valence-corrected chi connectivity index (χ4v) is 1.85. The van der Waals surface area contributed by atoms with Gasteiger partial charge in [0.1, 0.15) is 0 Å². The zero-order chi connectivity index (χ0) is 10.1. The van der Waals surface area contributed by atoms with Crippen molar-refractivity contribution in [3.63, 3.8) is 0 Å². The van der Waals surface area contributed by atoms with E-state index in [1.807, 2.05) is 28.8 Å². The summed E-state index contributed by atoms with van der Waals surface area (Å²) in [6.07, 6.45) is 0. The van der Waals surface area contributed by atoms with Crippen LogP contribution in [-0.4, -0.2) is 4.57 Å². The summed E-state index contributed by atoms with van der Waals surface area (Å²) >= 11 is 0. The normalized spacial score (nSPS) is 11.4. The Balaban J connectivity index is 2.72. The lowest BCUT2D eigenvalue weighted by molar-refractivity contribution is 0.120. The Labute approximate surface area is 83.8 Å². The number of aromatic nitrogens is 1. The molecule has 2 nitrogen and oxygen atoms in total. The molecule has 14 heavy (non-hydrogen) atoms. The molecule has 73 valence electrons. The number of hydrogen-bond acceptors (Lipinski definition) is 0. The van der Waals surface area contributed by atoms with Gasteiger partial charge in [0.25, 0.3) is 0 Å². The maximum Gasteiger partial charge on any atom is 0.158 e. The standard InChI is InChI=1S/C12H14NO/c1-9(2)12-7-10-5-3-4-6-11(10)13(12)8-14/h3-7,9H,8H2,1-2H3. The highest BCUT2D eigenvalue weighted by atomic mass is 16.3. The van der Waals surface area contributed by atoms with Crippen molar-refractivity contribution in [1.82, 2.24) is 4.57 Å². The second kappa shape index (κ2) is 3.46. The van der Waals surface area contributed by atoms with Gasteiger partial charge in [0, 0.05) is 5.69 Å². The number of benzene rings is 1. The molecule has 0 bridgehead atoms. The largest absolute Gasteiger partial charge is 0.318 e. The number of hydrogen-bond donors (Lipinski definition) is 0. The molecule has 1 radical (unpaired) electrons. The van der Waals surface area contributed by atoms with E-state index in [2.05, 4.69) is 19.9 Å². The molecule has 0 aliphatic rings. The van der Waals surface area contributed by atoms with Gasteiger partial charge in [-0.3, -0.25) is 0 Å². The fourth-order valence-electron chi connectivity index (χ4n) is 1.85. The van der Waals surface area contributed by atoms with Crippen LogP contribution in [0.15, 0.2) is 30.3 Å². The van der Waals surface area contributed by atoms with Crippen LogP contribution < -0.4 is 0 Å². The van der Waals surface area contributed by atoms with E-state index in [9.17, 15) is 5.11 Å². The van der Waals surface area contributed by atoms with Gasteiger partial charge in [-0.1, -0.05) is 32.0 Å². The lowest BCUT2D eigenvalue weighted by Gasteiger charge is -2.08. The molecule has 0 N–H and O–H groups in total. The van der Waals surface area contributed by atoms with Gasteiger partial charge in [-0.25, -0.2) is 5.11 Å². The van der Waals surface area contributed by atoms with E-state index in [0.717, 1.165) is 16.6 Å². The van der Waals surface area contributed by atoms with Gasteiger partial charge < -0.3 is 4.57 Å². The zero-order valence-corrected chi connectivity index (χ0v) is 8.53. The third-order valence-corrected chi connectivity index (χ3v) is 2.56. The lowest BCUT2D eigenvalue weighted by atomic mass is 10.1. The zero-order valence-electron chi connectivity index (χ0n) is 8.53. The first kappa shape index (κ1) is 9.28. The highest BCUT2D eigenvalue weighted by Gasteiger charge is 2.10. The van der Waals surface area contributed by atoms with Gasteiger partial charge in [0.15, 0.2) is 6.73 Å². The van der Waals surface area contributed by atoms with Crippen LogP contribution in [0.3, 0.4) is 0 Å². The number of rotatable bonds is 2. The second-order valence-corrected chi connectivity index (χ2v) is 3.84. The van der Waals surface area contributed by atoms with Crippen LogP contribution in [-0.2, 0) is 11.8 Å². The molecule has 2 heteroatoms. The smallest absolute Gasteiger partial charge is 0.158 e.